The molecular formula is C28H38O2. The molecule has 0 radical (unpaired) electrons. The Bertz CT molecular complexity index is 851. The third-order valence-electron chi connectivity index (χ3n) is 7.69. The first-order valence-corrected chi connectivity index (χ1v) is 11.8. The van der Waals surface area contributed by atoms with E-state index in [-0.39, 0.29) is 6.29 Å². The molecule has 2 fully saturated rings. The van der Waals surface area contributed by atoms with Gasteiger partial charge in [-0.25, -0.2) is 0 Å². The second kappa shape index (κ2) is 8.85. The number of benzene rings is 2. The van der Waals surface area contributed by atoms with Gasteiger partial charge in [0.05, 0.1) is 13.2 Å². The van der Waals surface area contributed by atoms with E-state index < -0.39 is 0 Å². The van der Waals surface area contributed by atoms with Crippen LogP contribution in [0, 0.1) is 52.4 Å². The van der Waals surface area contributed by atoms with Gasteiger partial charge >= 0.3 is 0 Å². The van der Waals surface area contributed by atoms with Crippen molar-refractivity contribution in [1.29, 1.82) is 0 Å². The molecule has 1 saturated heterocycles. The molecule has 2 aromatic rings. The number of rotatable bonds is 3. The van der Waals surface area contributed by atoms with Crippen molar-refractivity contribution in [3.63, 3.8) is 0 Å². The SMILES string of the molecule is Cc1cc(-c2c(C)cc(C3OCC(C4CCC(C)CC4)CO3)cc2C)cc(C)c1C. The average molecular weight is 407 g/mol. The largest absolute Gasteiger partial charge is 0.348 e. The second-order valence-electron chi connectivity index (χ2n) is 10.0. The Morgan fingerprint density at radius 3 is 1.73 bits per heavy atom. The molecule has 0 aromatic heterocycles. The van der Waals surface area contributed by atoms with E-state index in [2.05, 4.69) is 65.8 Å². The highest BCUT2D eigenvalue weighted by Gasteiger charge is 2.31. The Labute approximate surface area is 183 Å². The van der Waals surface area contributed by atoms with Gasteiger partial charge < -0.3 is 9.47 Å². The molecule has 2 aliphatic rings. The summed E-state index contributed by atoms with van der Waals surface area (Å²) in [4.78, 5) is 0. The lowest BCUT2D eigenvalue weighted by Gasteiger charge is -2.37. The smallest absolute Gasteiger partial charge is 0.183 e. The maximum atomic E-state index is 6.24. The molecule has 2 nitrogen and oxygen atoms in total. The minimum Gasteiger partial charge on any atom is -0.348 e. The van der Waals surface area contributed by atoms with Gasteiger partial charge in [0.25, 0.3) is 0 Å². The van der Waals surface area contributed by atoms with Crippen LogP contribution in [0.5, 0.6) is 0 Å². The van der Waals surface area contributed by atoms with Crippen molar-refractivity contribution < 1.29 is 9.47 Å². The van der Waals surface area contributed by atoms with Gasteiger partial charge in [-0.1, -0.05) is 44.0 Å². The van der Waals surface area contributed by atoms with E-state index in [1.165, 1.54) is 64.6 Å². The van der Waals surface area contributed by atoms with Gasteiger partial charge in [0.2, 0.25) is 0 Å². The van der Waals surface area contributed by atoms with Crippen LogP contribution in [0.2, 0.25) is 0 Å². The predicted octanol–water partition coefficient (Wildman–Crippen LogP) is 7.38. The van der Waals surface area contributed by atoms with Crippen LogP contribution in [-0.2, 0) is 9.47 Å². The van der Waals surface area contributed by atoms with Crippen LogP contribution >= 0.6 is 0 Å². The molecule has 1 aliphatic carbocycles. The van der Waals surface area contributed by atoms with Gasteiger partial charge in [0.15, 0.2) is 6.29 Å². The van der Waals surface area contributed by atoms with Crippen molar-refractivity contribution in [2.24, 2.45) is 17.8 Å². The minimum absolute atomic E-state index is 0.225. The zero-order chi connectivity index (χ0) is 21.4. The lowest BCUT2D eigenvalue weighted by Crippen LogP contribution is -2.34. The van der Waals surface area contributed by atoms with Crippen LogP contribution < -0.4 is 0 Å². The van der Waals surface area contributed by atoms with Crippen molar-refractivity contribution >= 4 is 0 Å². The molecule has 1 aliphatic heterocycles. The van der Waals surface area contributed by atoms with Crippen LogP contribution in [0.4, 0.5) is 0 Å². The summed E-state index contributed by atoms with van der Waals surface area (Å²) in [6.45, 7) is 15.1. The summed E-state index contributed by atoms with van der Waals surface area (Å²) in [5, 5.41) is 0. The van der Waals surface area contributed by atoms with E-state index in [1.54, 1.807) is 0 Å². The Kier molecular flexibility index (Phi) is 6.36. The van der Waals surface area contributed by atoms with E-state index in [1.807, 2.05) is 0 Å². The van der Waals surface area contributed by atoms with Gasteiger partial charge in [-0.15, -0.1) is 0 Å². The van der Waals surface area contributed by atoms with Crippen molar-refractivity contribution in [1.82, 2.24) is 0 Å². The molecule has 0 amide bonds. The monoisotopic (exact) mass is 406 g/mol. The normalized spacial score (nSPS) is 27.3. The molecular weight excluding hydrogens is 368 g/mol. The van der Waals surface area contributed by atoms with E-state index in [0.29, 0.717) is 5.92 Å². The molecule has 0 unspecified atom stereocenters. The van der Waals surface area contributed by atoms with Crippen LogP contribution in [-0.4, -0.2) is 13.2 Å². The first kappa shape index (κ1) is 21.6. The van der Waals surface area contributed by atoms with Crippen molar-refractivity contribution in [2.45, 2.75) is 73.5 Å². The van der Waals surface area contributed by atoms with Gasteiger partial charge in [-0.05, 0) is 98.2 Å². The standard InChI is InChI=1S/C28H38O2/c1-17-7-9-23(10-8-17)26-15-29-28(30-16-26)25-13-20(4)27(21(5)14-25)24-11-18(2)22(6)19(3)12-24/h11-14,17,23,26,28H,7-10,15-16H2,1-6H3. The Hall–Kier alpha value is -1.64. The fourth-order valence-corrected chi connectivity index (χ4v) is 5.51. The minimum atomic E-state index is -0.225. The zero-order valence-corrected chi connectivity index (χ0v) is 19.7. The van der Waals surface area contributed by atoms with E-state index in [0.717, 1.165) is 30.6 Å². The first-order valence-electron chi connectivity index (χ1n) is 11.8. The fraction of sp³-hybridized carbons (Fsp3) is 0.571. The molecule has 0 atom stereocenters. The van der Waals surface area contributed by atoms with Crippen LogP contribution in [0.15, 0.2) is 24.3 Å². The zero-order valence-electron chi connectivity index (χ0n) is 19.7. The summed E-state index contributed by atoms with van der Waals surface area (Å²) in [6.07, 6.45) is 5.18. The third-order valence-corrected chi connectivity index (χ3v) is 7.69. The van der Waals surface area contributed by atoms with Crippen LogP contribution in [0.3, 0.4) is 0 Å². The summed E-state index contributed by atoms with van der Waals surface area (Å²) < 4.78 is 12.5. The molecule has 2 heteroatoms. The van der Waals surface area contributed by atoms with Gasteiger partial charge in [0, 0.05) is 11.5 Å². The fourth-order valence-electron chi connectivity index (χ4n) is 5.51. The highest BCUT2D eigenvalue weighted by Crippen LogP contribution is 2.38. The van der Waals surface area contributed by atoms with Gasteiger partial charge in [-0.2, -0.15) is 0 Å². The lowest BCUT2D eigenvalue weighted by molar-refractivity contribution is -0.214. The maximum Gasteiger partial charge on any atom is 0.183 e. The summed E-state index contributed by atoms with van der Waals surface area (Å²) in [6, 6.07) is 9.17. The Morgan fingerprint density at radius 2 is 1.20 bits per heavy atom. The Morgan fingerprint density at radius 1 is 0.667 bits per heavy atom. The average Bonchev–Trinajstić information content (AvgIpc) is 2.72. The summed E-state index contributed by atoms with van der Waals surface area (Å²) in [5.74, 6) is 2.24. The molecule has 1 saturated carbocycles. The Balaban J connectivity index is 1.49. The summed E-state index contributed by atoms with van der Waals surface area (Å²) in [7, 11) is 0. The molecule has 162 valence electrons. The number of aryl methyl sites for hydroxylation is 4. The molecule has 1 heterocycles. The summed E-state index contributed by atoms with van der Waals surface area (Å²) in [5.41, 5.74) is 10.5. The molecule has 4 rings (SSSR count). The topological polar surface area (TPSA) is 18.5 Å². The van der Waals surface area contributed by atoms with Crippen molar-refractivity contribution in [3.8, 4) is 11.1 Å². The van der Waals surface area contributed by atoms with Crippen molar-refractivity contribution in [2.75, 3.05) is 13.2 Å². The van der Waals surface area contributed by atoms with E-state index >= 15 is 0 Å². The van der Waals surface area contributed by atoms with Crippen LogP contribution in [0.25, 0.3) is 11.1 Å². The summed E-state index contributed by atoms with van der Waals surface area (Å²) >= 11 is 0. The third kappa shape index (κ3) is 4.36. The first-order chi connectivity index (χ1) is 14.3. The molecule has 30 heavy (non-hydrogen) atoms. The van der Waals surface area contributed by atoms with Gasteiger partial charge in [0.1, 0.15) is 0 Å². The molecule has 0 bridgehead atoms. The predicted molar refractivity (Wildman–Crippen MR) is 125 cm³/mol. The van der Waals surface area contributed by atoms with E-state index in [9.17, 15) is 0 Å². The quantitative estimate of drug-likeness (QED) is 0.529. The van der Waals surface area contributed by atoms with Crippen LogP contribution in [0.1, 0.15) is 72.3 Å². The number of hydrogen-bond acceptors (Lipinski definition) is 2. The molecule has 0 N–H and O–H groups in total. The number of ether oxygens (including phenoxy) is 2. The number of hydrogen-bond donors (Lipinski definition) is 0. The highest BCUT2D eigenvalue weighted by atomic mass is 16.7. The maximum absolute atomic E-state index is 6.24. The lowest BCUT2D eigenvalue weighted by atomic mass is 9.76. The highest BCUT2D eigenvalue weighted by molar-refractivity contribution is 5.73. The van der Waals surface area contributed by atoms with E-state index in [4.69, 9.17) is 9.47 Å². The molecule has 2 aromatic carbocycles. The second-order valence-corrected chi connectivity index (χ2v) is 10.0. The van der Waals surface area contributed by atoms with Crippen molar-refractivity contribution in [3.05, 3.63) is 57.6 Å². The molecule has 0 spiro atoms. The van der Waals surface area contributed by atoms with Gasteiger partial charge in [-0.3, -0.25) is 0 Å².